The summed E-state index contributed by atoms with van der Waals surface area (Å²) in [6.07, 6.45) is 5.11. The molecule has 0 bridgehead atoms. The predicted octanol–water partition coefficient (Wildman–Crippen LogP) is 0.714. The molecule has 21 heavy (non-hydrogen) atoms. The fourth-order valence-corrected chi connectivity index (χ4v) is 3.26. The minimum Gasteiger partial charge on any atom is -0.396 e. The zero-order valence-electron chi connectivity index (χ0n) is 13.2. The van der Waals surface area contributed by atoms with E-state index in [2.05, 4.69) is 4.72 Å². The van der Waals surface area contributed by atoms with Crippen molar-refractivity contribution in [2.24, 2.45) is 5.92 Å². The van der Waals surface area contributed by atoms with Crippen LogP contribution in [0.3, 0.4) is 0 Å². The molecule has 1 saturated carbocycles. The molecule has 1 unspecified atom stereocenters. The molecule has 0 aliphatic heterocycles. The lowest BCUT2D eigenvalue weighted by molar-refractivity contribution is -0.137. The summed E-state index contributed by atoms with van der Waals surface area (Å²) in [5, 5.41) is 8.99. The van der Waals surface area contributed by atoms with Crippen LogP contribution in [-0.4, -0.2) is 55.8 Å². The molecule has 1 fully saturated rings. The van der Waals surface area contributed by atoms with Gasteiger partial charge in [0.15, 0.2) is 0 Å². The highest BCUT2D eigenvalue weighted by Gasteiger charge is 2.33. The third-order valence-electron chi connectivity index (χ3n) is 3.72. The average Bonchev–Trinajstić information content (AvgIpc) is 2.27. The summed E-state index contributed by atoms with van der Waals surface area (Å²) in [4.78, 5) is 14.5. The second-order valence-corrected chi connectivity index (χ2v) is 8.05. The van der Waals surface area contributed by atoms with Gasteiger partial charge in [-0.2, -0.15) is 0 Å². The molecular formula is C14H28N2O4S. The number of nitrogens with one attached hydrogen (secondary N) is 1. The predicted molar refractivity (Wildman–Crippen MR) is 82.3 cm³/mol. The molecule has 1 amide bonds. The van der Waals surface area contributed by atoms with Gasteiger partial charge in [-0.3, -0.25) is 4.79 Å². The third-order valence-corrected chi connectivity index (χ3v) is 4.43. The third kappa shape index (κ3) is 6.32. The van der Waals surface area contributed by atoms with E-state index in [0.717, 1.165) is 25.5 Å². The van der Waals surface area contributed by atoms with Gasteiger partial charge in [-0.1, -0.05) is 13.8 Å². The molecule has 0 radical (unpaired) electrons. The number of sulfonamides is 1. The number of nitrogens with zero attached hydrogens (tertiary/aromatic N) is 1. The fraction of sp³-hybridized carbons (Fsp3) is 0.929. The number of hydrogen-bond donors (Lipinski definition) is 2. The Kier molecular flexibility index (Phi) is 7.09. The summed E-state index contributed by atoms with van der Waals surface area (Å²) in [7, 11) is -3.43. The smallest absolute Gasteiger partial charge is 0.241 e. The molecule has 1 aliphatic rings. The summed E-state index contributed by atoms with van der Waals surface area (Å²) >= 11 is 0. The molecule has 1 atom stereocenters. The van der Waals surface area contributed by atoms with Gasteiger partial charge >= 0.3 is 0 Å². The van der Waals surface area contributed by atoms with Crippen molar-refractivity contribution in [1.82, 2.24) is 9.62 Å². The van der Waals surface area contributed by atoms with Crippen molar-refractivity contribution in [3.63, 3.8) is 0 Å². The van der Waals surface area contributed by atoms with Crippen LogP contribution < -0.4 is 4.72 Å². The van der Waals surface area contributed by atoms with Gasteiger partial charge in [-0.15, -0.1) is 0 Å². The number of rotatable bonds is 9. The Balaban J connectivity index is 2.82. The SMILES string of the molecule is CC(C)CC(NS(C)(=O)=O)C(=O)N(CCCO)C1CCC1. The Morgan fingerprint density at radius 2 is 2.00 bits per heavy atom. The highest BCUT2D eigenvalue weighted by Crippen LogP contribution is 2.26. The molecule has 124 valence electrons. The van der Waals surface area contributed by atoms with Crippen LogP contribution in [0.5, 0.6) is 0 Å². The molecule has 2 N–H and O–H groups in total. The van der Waals surface area contributed by atoms with Crippen molar-refractivity contribution in [2.45, 2.75) is 58.0 Å². The van der Waals surface area contributed by atoms with Crippen molar-refractivity contribution >= 4 is 15.9 Å². The molecule has 0 aromatic carbocycles. The first-order valence-electron chi connectivity index (χ1n) is 7.63. The van der Waals surface area contributed by atoms with Crippen molar-refractivity contribution in [1.29, 1.82) is 0 Å². The molecule has 0 spiro atoms. The zero-order valence-corrected chi connectivity index (χ0v) is 14.0. The van der Waals surface area contributed by atoms with Gasteiger partial charge < -0.3 is 10.0 Å². The van der Waals surface area contributed by atoms with Crippen molar-refractivity contribution in [3.05, 3.63) is 0 Å². The van der Waals surface area contributed by atoms with E-state index in [1.807, 2.05) is 13.8 Å². The summed E-state index contributed by atoms with van der Waals surface area (Å²) in [6, 6.07) is -0.514. The molecule has 0 aromatic heterocycles. The van der Waals surface area contributed by atoms with E-state index in [1.165, 1.54) is 0 Å². The van der Waals surface area contributed by atoms with Crippen molar-refractivity contribution in [3.8, 4) is 0 Å². The topological polar surface area (TPSA) is 86.7 Å². The number of carbonyl (C=O) groups excluding carboxylic acids is 1. The van der Waals surface area contributed by atoms with E-state index >= 15 is 0 Å². The minimum absolute atomic E-state index is 0.0326. The van der Waals surface area contributed by atoms with E-state index in [9.17, 15) is 13.2 Å². The van der Waals surface area contributed by atoms with Crippen LogP contribution >= 0.6 is 0 Å². The number of aliphatic hydroxyl groups excluding tert-OH is 1. The van der Waals surface area contributed by atoms with Gasteiger partial charge in [0, 0.05) is 19.2 Å². The van der Waals surface area contributed by atoms with Crippen molar-refractivity contribution < 1.29 is 18.3 Å². The second kappa shape index (κ2) is 8.10. The molecule has 1 aliphatic carbocycles. The Morgan fingerprint density at radius 1 is 1.38 bits per heavy atom. The summed E-state index contributed by atoms with van der Waals surface area (Å²) in [5.74, 6) is 0.0570. The average molecular weight is 320 g/mol. The largest absolute Gasteiger partial charge is 0.396 e. The lowest BCUT2D eigenvalue weighted by Gasteiger charge is -2.39. The summed E-state index contributed by atoms with van der Waals surface area (Å²) in [6.45, 7) is 4.45. The summed E-state index contributed by atoms with van der Waals surface area (Å²) < 4.78 is 25.5. The van der Waals surface area contributed by atoms with Crippen molar-refractivity contribution in [2.75, 3.05) is 19.4 Å². The van der Waals surface area contributed by atoms with Gasteiger partial charge in [-0.25, -0.2) is 13.1 Å². The number of hydrogen-bond acceptors (Lipinski definition) is 4. The highest BCUT2D eigenvalue weighted by atomic mass is 32.2. The Bertz CT molecular complexity index is 432. The van der Waals surface area contributed by atoms with Crippen LogP contribution in [0.25, 0.3) is 0 Å². The molecule has 0 saturated heterocycles. The van der Waals surface area contributed by atoms with E-state index in [-0.39, 0.29) is 24.5 Å². The van der Waals surface area contributed by atoms with Crippen LogP contribution in [0.2, 0.25) is 0 Å². The first-order valence-corrected chi connectivity index (χ1v) is 9.52. The molecule has 1 rings (SSSR count). The van der Waals surface area contributed by atoms with Crippen LogP contribution in [0.15, 0.2) is 0 Å². The second-order valence-electron chi connectivity index (χ2n) is 6.27. The maximum absolute atomic E-state index is 12.7. The van der Waals surface area contributed by atoms with Gasteiger partial charge in [0.25, 0.3) is 0 Å². The van der Waals surface area contributed by atoms with Gasteiger partial charge in [0.2, 0.25) is 15.9 Å². The van der Waals surface area contributed by atoms with Gasteiger partial charge in [-0.05, 0) is 38.0 Å². The van der Waals surface area contributed by atoms with E-state index in [0.29, 0.717) is 19.4 Å². The van der Waals surface area contributed by atoms with Gasteiger partial charge in [0.1, 0.15) is 6.04 Å². The molecular weight excluding hydrogens is 292 g/mol. The highest BCUT2D eigenvalue weighted by molar-refractivity contribution is 7.88. The quantitative estimate of drug-likeness (QED) is 0.655. The Labute approximate surface area is 128 Å². The van der Waals surface area contributed by atoms with Crippen LogP contribution in [0.1, 0.15) is 46.0 Å². The lowest BCUT2D eigenvalue weighted by Crippen LogP contribution is -2.54. The van der Waals surface area contributed by atoms with Crippen LogP contribution in [0, 0.1) is 5.92 Å². The number of carbonyl (C=O) groups is 1. The summed E-state index contributed by atoms with van der Waals surface area (Å²) in [5.41, 5.74) is 0. The normalized spacial score (nSPS) is 17.6. The van der Waals surface area contributed by atoms with E-state index in [1.54, 1.807) is 4.90 Å². The first kappa shape index (κ1) is 18.4. The molecule has 6 nitrogen and oxygen atoms in total. The Morgan fingerprint density at radius 3 is 2.38 bits per heavy atom. The molecule has 7 heteroatoms. The maximum atomic E-state index is 12.7. The molecule has 0 aromatic rings. The monoisotopic (exact) mass is 320 g/mol. The maximum Gasteiger partial charge on any atom is 0.241 e. The van der Waals surface area contributed by atoms with Crippen LogP contribution in [0.4, 0.5) is 0 Å². The van der Waals surface area contributed by atoms with Crippen LogP contribution in [-0.2, 0) is 14.8 Å². The minimum atomic E-state index is -3.43. The molecule has 0 heterocycles. The zero-order chi connectivity index (χ0) is 16.0. The fourth-order valence-electron chi connectivity index (χ4n) is 2.54. The number of aliphatic hydroxyl groups is 1. The first-order chi connectivity index (χ1) is 9.74. The standard InChI is InChI=1S/C14H28N2O4S/c1-11(2)10-13(15-21(3,19)20)14(18)16(8-5-9-17)12-6-4-7-12/h11-13,15,17H,4-10H2,1-3H3. The lowest BCUT2D eigenvalue weighted by atomic mass is 9.90. The van der Waals surface area contributed by atoms with E-state index < -0.39 is 16.1 Å². The van der Waals surface area contributed by atoms with Gasteiger partial charge in [0.05, 0.1) is 6.26 Å². The number of amides is 1. The Hall–Kier alpha value is -0.660. The van der Waals surface area contributed by atoms with E-state index in [4.69, 9.17) is 5.11 Å².